The average Bonchev–Trinajstić information content (AvgIpc) is 3.24. The summed E-state index contributed by atoms with van der Waals surface area (Å²) in [5, 5.41) is 12.8. The molecule has 5 nitrogen and oxygen atoms in total. The van der Waals surface area contributed by atoms with Gasteiger partial charge >= 0.3 is 0 Å². The zero-order valence-electron chi connectivity index (χ0n) is 15.0. The number of thiophene rings is 1. The lowest BCUT2D eigenvalue weighted by molar-refractivity contribution is -0.139. The van der Waals surface area contributed by atoms with E-state index in [-0.39, 0.29) is 11.3 Å². The Bertz CT molecular complexity index is 870. The van der Waals surface area contributed by atoms with Gasteiger partial charge in [-0.05, 0) is 48.6 Å². The molecule has 136 valence electrons. The second-order valence-corrected chi connectivity index (χ2v) is 7.17. The van der Waals surface area contributed by atoms with Gasteiger partial charge < -0.3 is 14.7 Å². The Morgan fingerprint density at radius 3 is 2.65 bits per heavy atom. The molecular weight excluding hydrogens is 350 g/mol. The molecule has 1 N–H and O–H groups in total. The lowest BCUT2D eigenvalue weighted by Gasteiger charge is -2.23. The van der Waals surface area contributed by atoms with E-state index in [1.54, 1.807) is 30.2 Å². The van der Waals surface area contributed by atoms with Crippen LogP contribution in [-0.4, -0.2) is 35.4 Å². The van der Waals surface area contributed by atoms with E-state index in [9.17, 15) is 14.7 Å². The van der Waals surface area contributed by atoms with Crippen molar-refractivity contribution in [2.24, 2.45) is 0 Å². The maximum Gasteiger partial charge on any atom is 0.295 e. The van der Waals surface area contributed by atoms with Crippen LogP contribution in [0.1, 0.15) is 35.4 Å². The Kier molecular flexibility index (Phi) is 5.13. The number of amides is 1. The molecule has 0 saturated carbocycles. The molecule has 0 spiro atoms. The monoisotopic (exact) mass is 371 g/mol. The van der Waals surface area contributed by atoms with Crippen LogP contribution in [0, 0.1) is 6.92 Å². The molecule has 1 aliphatic rings. The summed E-state index contributed by atoms with van der Waals surface area (Å²) >= 11 is 1.47. The fourth-order valence-corrected chi connectivity index (χ4v) is 4.12. The molecule has 0 aliphatic carbocycles. The number of aliphatic hydroxyl groups excluding tert-OH is 1. The first kappa shape index (κ1) is 18.2. The maximum absolute atomic E-state index is 12.7. The normalized spacial score (nSPS) is 19.2. The number of aryl methyl sites for hydroxylation is 1. The van der Waals surface area contributed by atoms with Crippen molar-refractivity contribution in [3.8, 4) is 5.75 Å². The SMILES string of the molecule is CCCN1C(=O)C(=O)/C(=C(\O)c2ccc(OC)c(C)c2)C1c1cccs1. The fourth-order valence-electron chi connectivity index (χ4n) is 3.28. The molecule has 1 atom stereocenters. The number of carbonyl (C=O) groups excluding carboxylic acids is 2. The van der Waals surface area contributed by atoms with E-state index >= 15 is 0 Å². The van der Waals surface area contributed by atoms with Crippen LogP contribution in [0.2, 0.25) is 0 Å². The summed E-state index contributed by atoms with van der Waals surface area (Å²) < 4.78 is 5.25. The first-order chi connectivity index (χ1) is 12.5. The number of Topliss-reactive ketones (excluding diaryl/α,β-unsaturated/α-hetero) is 1. The van der Waals surface area contributed by atoms with E-state index in [0.717, 1.165) is 16.9 Å². The first-order valence-electron chi connectivity index (χ1n) is 8.46. The predicted molar refractivity (Wildman–Crippen MR) is 101 cm³/mol. The molecular formula is C20H21NO4S. The number of rotatable bonds is 5. The zero-order chi connectivity index (χ0) is 18.8. The highest BCUT2D eigenvalue weighted by Gasteiger charge is 2.46. The van der Waals surface area contributed by atoms with Crippen molar-refractivity contribution in [2.75, 3.05) is 13.7 Å². The lowest BCUT2D eigenvalue weighted by Crippen LogP contribution is -2.30. The van der Waals surface area contributed by atoms with Crippen molar-refractivity contribution in [1.29, 1.82) is 0 Å². The van der Waals surface area contributed by atoms with Crippen LogP contribution in [0.25, 0.3) is 5.76 Å². The Morgan fingerprint density at radius 1 is 1.31 bits per heavy atom. The maximum atomic E-state index is 12.7. The zero-order valence-corrected chi connectivity index (χ0v) is 15.8. The first-order valence-corrected chi connectivity index (χ1v) is 9.34. The van der Waals surface area contributed by atoms with Crippen LogP contribution in [0.4, 0.5) is 0 Å². The molecule has 6 heteroatoms. The summed E-state index contributed by atoms with van der Waals surface area (Å²) in [5.74, 6) is -0.645. The summed E-state index contributed by atoms with van der Waals surface area (Å²) in [6, 6.07) is 8.41. The highest BCUT2D eigenvalue weighted by molar-refractivity contribution is 7.10. The van der Waals surface area contributed by atoms with E-state index in [2.05, 4.69) is 0 Å². The molecule has 2 aromatic rings. The molecule has 1 aliphatic heterocycles. The summed E-state index contributed by atoms with van der Waals surface area (Å²) in [5.41, 5.74) is 1.49. The third-order valence-corrected chi connectivity index (χ3v) is 5.41. The minimum Gasteiger partial charge on any atom is -0.507 e. The van der Waals surface area contributed by atoms with Gasteiger partial charge in [0.1, 0.15) is 11.5 Å². The number of carbonyl (C=O) groups is 2. The van der Waals surface area contributed by atoms with Crippen molar-refractivity contribution in [3.05, 3.63) is 57.3 Å². The highest BCUT2D eigenvalue weighted by atomic mass is 32.1. The van der Waals surface area contributed by atoms with E-state index in [0.29, 0.717) is 17.9 Å². The van der Waals surface area contributed by atoms with E-state index in [1.165, 1.54) is 11.3 Å². The van der Waals surface area contributed by atoms with Gasteiger partial charge in [-0.3, -0.25) is 9.59 Å². The third kappa shape index (κ3) is 3.01. The van der Waals surface area contributed by atoms with Gasteiger partial charge in [0, 0.05) is 17.0 Å². The van der Waals surface area contributed by atoms with Gasteiger partial charge in [0.05, 0.1) is 18.7 Å². The summed E-state index contributed by atoms with van der Waals surface area (Å²) in [4.78, 5) is 27.6. The molecule has 0 bridgehead atoms. The second-order valence-electron chi connectivity index (χ2n) is 6.19. The molecule has 1 fully saturated rings. The molecule has 2 heterocycles. The number of ketones is 1. The van der Waals surface area contributed by atoms with Gasteiger partial charge in [0.15, 0.2) is 0 Å². The Hall–Kier alpha value is -2.60. The summed E-state index contributed by atoms with van der Waals surface area (Å²) in [6.07, 6.45) is 0.733. The van der Waals surface area contributed by atoms with Gasteiger partial charge in [-0.1, -0.05) is 13.0 Å². The minimum absolute atomic E-state index is 0.147. The van der Waals surface area contributed by atoms with E-state index in [4.69, 9.17) is 4.74 Å². The van der Waals surface area contributed by atoms with Crippen molar-refractivity contribution in [3.63, 3.8) is 0 Å². The Balaban J connectivity index is 2.15. The van der Waals surface area contributed by atoms with Crippen LogP contribution in [0.15, 0.2) is 41.3 Å². The molecule has 0 radical (unpaired) electrons. The van der Waals surface area contributed by atoms with Crippen LogP contribution in [-0.2, 0) is 9.59 Å². The van der Waals surface area contributed by atoms with E-state index in [1.807, 2.05) is 31.4 Å². The van der Waals surface area contributed by atoms with Crippen molar-refractivity contribution < 1.29 is 19.4 Å². The predicted octanol–water partition coefficient (Wildman–Crippen LogP) is 3.90. The summed E-state index contributed by atoms with van der Waals surface area (Å²) in [6.45, 7) is 4.28. The van der Waals surface area contributed by atoms with Gasteiger partial charge in [0.2, 0.25) is 0 Å². The average molecular weight is 371 g/mol. The molecule has 26 heavy (non-hydrogen) atoms. The second kappa shape index (κ2) is 7.33. The van der Waals surface area contributed by atoms with Crippen molar-refractivity contribution >= 4 is 28.8 Å². The quantitative estimate of drug-likeness (QED) is 0.492. The number of benzene rings is 1. The third-order valence-electron chi connectivity index (χ3n) is 4.49. The number of hydrogen-bond acceptors (Lipinski definition) is 5. The Labute approximate surface area is 156 Å². The van der Waals surface area contributed by atoms with Gasteiger partial charge in [-0.25, -0.2) is 0 Å². The number of likely N-dealkylation sites (tertiary alicyclic amines) is 1. The van der Waals surface area contributed by atoms with Crippen LogP contribution in [0.3, 0.4) is 0 Å². The number of ether oxygens (including phenoxy) is 1. The van der Waals surface area contributed by atoms with Gasteiger partial charge in [-0.15, -0.1) is 11.3 Å². The molecule has 1 unspecified atom stereocenters. The lowest BCUT2D eigenvalue weighted by atomic mass is 9.98. The standard InChI is InChI=1S/C20H21NO4S/c1-4-9-21-17(15-6-5-10-26-15)16(19(23)20(21)24)18(22)13-7-8-14(25-3)12(2)11-13/h5-8,10-11,17,22H,4,9H2,1-3H3/b18-16-. The van der Waals surface area contributed by atoms with E-state index < -0.39 is 17.7 Å². The van der Waals surface area contributed by atoms with Crippen LogP contribution in [0.5, 0.6) is 5.75 Å². The van der Waals surface area contributed by atoms with Crippen LogP contribution < -0.4 is 4.74 Å². The Morgan fingerprint density at radius 2 is 2.08 bits per heavy atom. The highest BCUT2D eigenvalue weighted by Crippen LogP contribution is 2.41. The minimum atomic E-state index is -0.636. The topological polar surface area (TPSA) is 66.8 Å². The smallest absolute Gasteiger partial charge is 0.295 e. The molecule has 1 amide bonds. The number of methoxy groups -OCH3 is 1. The number of hydrogen-bond donors (Lipinski definition) is 1. The van der Waals surface area contributed by atoms with Crippen LogP contribution >= 0.6 is 11.3 Å². The molecule has 3 rings (SSSR count). The number of aliphatic hydroxyl groups is 1. The van der Waals surface area contributed by atoms with Crippen molar-refractivity contribution in [1.82, 2.24) is 4.90 Å². The van der Waals surface area contributed by atoms with Gasteiger partial charge in [-0.2, -0.15) is 0 Å². The fraction of sp³-hybridized carbons (Fsp3) is 0.300. The molecule has 1 saturated heterocycles. The van der Waals surface area contributed by atoms with Gasteiger partial charge in [0.25, 0.3) is 11.7 Å². The largest absolute Gasteiger partial charge is 0.507 e. The molecule has 1 aromatic carbocycles. The van der Waals surface area contributed by atoms with Crippen molar-refractivity contribution in [2.45, 2.75) is 26.3 Å². The molecule has 1 aromatic heterocycles. The number of nitrogens with zero attached hydrogens (tertiary/aromatic N) is 1. The summed E-state index contributed by atoms with van der Waals surface area (Å²) in [7, 11) is 1.58.